The molecule has 0 saturated carbocycles. The van der Waals surface area contributed by atoms with Crippen molar-refractivity contribution in [3.8, 4) is 0 Å². The smallest absolute Gasteiger partial charge is 0.264 e. The standard InChI is InChI=1S/C30H36ClN3O4S/c1-5-27(30(36)32-19-22(2)3)33(20-24-12-8-6-9-13-24)29(35)21-34(28-17-16-25(31)18-23(28)4)39(37,38)26-14-10-7-11-15-26/h6-18,22,27H,5,19-21H2,1-4H3,(H,32,36)/t27-/m1/s1. The summed E-state index contributed by atoms with van der Waals surface area (Å²) >= 11 is 6.16. The molecular weight excluding hydrogens is 534 g/mol. The van der Waals surface area contributed by atoms with Crippen LogP contribution < -0.4 is 9.62 Å². The molecule has 0 radical (unpaired) electrons. The van der Waals surface area contributed by atoms with Crippen LogP contribution in [0.25, 0.3) is 0 Å². The fourth-order valence-electron chi connectivity index (χ4n) is 4.25. The largest absolute Gasteiger partial charge is 0.354 e. The number of hydrogen-bond donors (Lipinski definition) is 1. The van der Waals surface area contributed by atoms with Gasteiger partial charge in [-0.25, -0.2) is 8.42 Å². The summed E-state index contributed by atoms with van der Waals surface area (Å²) in [5.41, 5.74) is 1.78. The monoisotopic (exact) mass is 569 g/mol. The molecule has 208 valence electrons. The Labute approximate surface area is 236 Å². The van der Waals surface area contributed by atoms with Gasteiger partial charge in [-0.05, 0) is 60.7 Å². The van der Waals surface area contributed by atoms with Crippen molar-refractivity contribution >= 4 is 39.1 Å². The summed E-state index contributed by atoms with van der Waals surface area (Å²) in [6, 6.07) is 21.4. The maximum atomic E-state index is 14.0. The van der Waals surface area contributed by atoms with E-state index < -0.39 is 28.5 Å². The Morgan fingerprint density at radius 3 is 2.13 bits per heavy atom. The second-order valence-electron chi connectivity index (χ2n) is 9.83. The average molecular weight is 570 g/mol. The highest BCUT2D eigenvalue weighted by molar-refractivity contribution is 7.92. The molecule has 0 aromatic heterocycles. The van der Waals surface area contributed by atoms with Gasteiger partial charge in [-0.3, -0.25) is 13.9 Å². The number of sulfonamides is 1. The van der Waals surface area contributed by atoms with Gasteiger partial charge in [0.2, 0.25) is 11.8 Å². The van der Waals surface area contributed by atoms with Gasteiger partial charge in [-0.1, -0.05) is 80.9 Å². The zero-order chi connectivity index (χ0) is 28.6. The SMILES string of the molecule is CC[C@H](C(=O)NCC(C)C)N(Cc1ccccc1)C(=O)CN(c1ccc(Cl)cc1C)S(=O)(=O)c1ccccc1. The van der Waals surface area contributed by atoms with Gasteiger partial charge in [0, 0.05) is 18.1 Å². The summed E-state index contributed by atoms with van der Waals surface area (Å²) < 4.78 is 28.9. The normalized spacial score (nSPS) is 12.2. The molecule has 1 N–H and O–H groups in total. The number of anilines is 1. The van der Waals surface area contributed by atoms with E-state index >= 15 is 0 Å². The Morgan fingerprint density at radius 1 is 0.949 bits per heavy atom. The topological polar surface area (TPSA) is 86.8 Å². The van der Waals surface area contributed by atoms with Crippen LogP contribution in [-0.2, 0) is 26.2 Å². The van der Waals surface area contributed by atoms with E-state index in [2.05, 4.69) is 5.32 Å². The number of carbonyl (C=O) groups is 2. The fraction of sp³-hybridized carbons (Fsp3) is 0.333. The Balaban J connectivity index is 2.05. The quantitative estimate of drug-likeness (QED) is 0.315. The van der Waals surface area contributed by atoms with Gasteiger partial charge in [0.15, 0.2) is 0 Å². The van der Waals surface area contributed by atoms with Crippen molar-refractivity contribution in [3.63, 3.8) is 0 Å². The Hall–Kier alpha value is -3.36. The third-order valence-corrected chi connectivity index (χ3v) is 8.31. The van der Waals surface area contributed by atoms with Crippen molar-refractivity contribution < 1.29 is 18.0 Å². The second-order valence-corrected chi connectivity index (χ2v) is 12.1. The van der Waals surface area contributed by atoms with E-state index in [0.29, 0.717) is 29.2 Å². The van der Waals surface area contributed by atoms with Gasteiger partial charge in [0.25, 0.3) is 10.0 Å². The molecule has 1 atom stereocenters. The van der Waals surface area contributed by atoms with E-state index in [0.717, 1.165) is 9.87 Å². The first-order chi connectivity index (χ1) is 18.5. The molecule has 39 heavy (non-hydrogen) atoms. The average Bonchev–Trinajstić information content (AvgIpc) is 2.91. The zero-order valence-electron chi connectivity index (χ0n) is 22.8. The summed E-state index contributed by atoms with van der Waals surface area (Å²) in [6.45, 7) is 7.72. The van der Waals surface area contributed by atoms with E-state index in [1.165, 1.54) is 17.0 Å². The number of carbonyl (C=O) groups excluding carboxylic acids is 2. The fourth-order valence-corrected chi connectivity index (χ4v) is 5.98. The van der Waals surface area contributed by atoms with Crippen LogP contribution in [0.1, 0.15) is 38.3 Å². The number of aryl methyl sites for hydroxylation is 1. The van der Waals surface area contributed by atoms with Gasteiger partial charge < -0.3 is 10.2 Å². The molecule has 9 heteroatoms. The first-order valence-electron chi connectivity index (χ1n) is 13.0. The summed E-state index contributed by atoms with van der Waals surface area (Å²) in [5.74, 6) is -0.515. The van der Waals surface area contributed by atoms with Crippen LogP contribution in [0, 0.1) is 12.8 Å². The Kier molecular flexibility index (Phi) is 10.5. The predicted molar refractivity (Wildman–Crippen MR) is 156 cm³/mol. The highest BCUT2D eigenvalue weighted by Gasteiger charge is 2.34. The van der Waals surface area contributed by atoms with Gasteiger partial charge in [0.1, 0.15) is 12.6 Å². The third kappa shape index (κ3) is 7.83. The molecule has 0 fully saturated rings. The minimum atomic E-state index is -4.12. The summed E-state index contributed by atoms with van der Waals surface area (Å²) in [5, 5.41) is 3.39. The molecule has 7 nitrogen and oxygen atoms in total. The van der Waals surface area contributed by atoms with Crippen molar-refractivity contribution in [2.24, 2.45) is 5.92 Å². The van der Waals surface area contributed by atoms with Crippen molar-refractivity contribution in [2.75, 3.05) is 17.4 Å². The molecule has 0 heterocycles. The zero-order valence-corrected chi connectivity index (χ0v) is 24.4. The molecule has 0 unspecified atom stereocenters. The predicted octanol–water partition coefficient (Wildman–Crippen LogP) is 5.42. The van der Waals surface area contributed by atoms with Gasteiger partial charge in [0.05, 0.1) is 10.6 Å². The summed E-state index contributed by atoms with van der Waals surface area (Å²) in [6.07, 6.45) is 0.369. The summed E-state index contributed by atoms with van der Waals surface area (Å²) in [4.78, 5) is 28.8. The third-order valence-electron chi connectivity index (χ3n) is 6.30. The van der Waals surface area contributed by atoms with Crippen LogP contribution in [0.3, 0.4) is 0 Å². The first-order valence-corrected chi connectivity index (χ1v) is 14.8. The van der Waals surface area contributed by atoms with Crippen molar-refractivity contribution in [1.82, 2.24) is 10.2 Å². The number of nitrogens with one attached hydrogen (secondary N) is 1. The second kappa shape index (κ2) is 13.6. The minimum Gasteiger partial charge on any atom is -0.354 e. The lowest BCUT2D eigenvalue weighted by Crippen LogP contribution is -2.52. The van der Waals surface area contributed by atoms with E-state index in [1.807, 2.05) is 51.1 Å². The lowest BCUT2D eigenvalue weighted by molar-refractivity contribution is -0.140. The highest BCUT2D eigenvalue weighted by Crippen LogP contribution is 2.29. The molecule has 0 spiro atoms. The van der Waals surface area contributed by atoms with Crippen molar-refractivity contribution in [3.05, 3.63) is 95.0 Å². The van der Waals surface area contributed by atoms with E-state index in [4.69, 9.17) is 11.6 Å². The molecule has 0 saturated heterocycles. The maximum Gasteiger partial charge on any atom is 0.264 e. The van der Waals surface area contributed by atoms with Crippen LogP contribution in [0.2, 0.25) is 5.02 Å². The van der Waals surface area contributed by atoms with Crippen molar-refractivity contribution in [2.45, 2.75) is 51.6 Å². The molecule has 3 rings (SSSR count). The lowest BCUT2D eigenvalue weighted by atomic mass is 10.1. The number of nitrogens with zero attached hydrogens (tertiary/aromatic N) is 2. The number of hydrogen-bond acceptors (Lipinski definition) is 4. The van der Waals surface area contributed by atoms with E-state index in [9.17, 15) is 18.0 Å². The van der Waals surface area contributed by atoms with Gasteiger partial charge >= 0.3 is 0 Å². The Bertz CT molecular complexity index is 1370. The van der Waals surface area contributed by atoms with Crippen LogP contribution >= 0.6 is 11.6 Å². The van der Waals surface area contributed by atoms with E-state index in [-0.39, 0.29) is 23.3 Å². The molecule has 2 amide bonds. The molecule has 0 aliphatic carbocycles. The number of benzene rings is 3. The Morgan fingerprint density at radius 2 is 1.56 bits per heavy atom. The van der Waals surface area contributed by atoms with Crippen LogP contribution in [0.5, 0.6) is 0 Å². The molecular formula is C30H36ClN3O4S. The number of rotatable bonds is 12. The van der Waals surface area contributed by atoms with E-state index in [1.54, 1.807) is 43.3 Å². The van der Waals surface area contributed by atoms with Gasteiger partial charge in [-0.2, -0.15) is 0 Å². The van der Waals surface area contributed by atoms with Gasteiger partial charge in [-0.15, -0.1) is 0 Å². The lowest BCUT2D eigenvalue weighted by Gasteiger charge is -2.33. The molecule has 3 aromatic rings. The molecule has 0 aliphatic heterocycles. The van der Waals surface area contributed by atoms with Crippen LogP contribution in [0.15, 0.2) is 83.8 Å². The molecule has 3 aromatic carbocycles. The highest BCUT2D eigenvalue weighted by atomic mass is 35.5. The van der Waals surface area contributed by atoms with Crippen molar-refractivity contribution in [1.29, 1.82) is 0 Å². The minimum absolute atomic E-state index is 0.0588. The summed E-state index contributed by atoms with van der Waals surface area (Å²) in [7, 11) is -4.12. The molecule has 0 bridgehead atoms. The number of halogens is 1. The maximum absolute atomic E-state index is 14.0. The first kappa shape index (κ1) is 30.2. The molecule has 0 aliphatic rings. The van der Waals surface area contributed by atoms with Crippen LogP contribution in [0.4, 0.5) is 5.69 Å². The number of amides is 2. The van der Waals surface area contributed by atoms with Crippen LogP contribution in [-0.4, -0.2) is 44.3 Å².